The molecule has 2 rings (SSSR count). The van der Waals surface area contributed by atoms with Crippen molar-refractivity contribution >= 4 is 0 Å². The van der Waals surface area contributed by atoms with Crippen LogP contribution in [0.2, 0.25) is 0 Å². The van der Waals surface area contributed by atoms with Crippen molar-refractivity contribution < 1.29 is 0 Å². The second-order valence-corrected chi connectivity index (χ2v) is 4.10. The molecule has 0 N–H and O–H groups in total. The Balaban J connectivity index is 2.11. The lowest BCUT2D eigenvalue weighted by molar-refractivity contribution is 0.469. The third kappa shape index (κ3) is 2.00. The van der Waals surface area contributed by atoms with Crippen LogP contribution in [0.15, 0.2) is 24.3 Å². The molecule has 12 heavy (non-hydrogen) atoms. The first-order valence-corrected chi connectivity index (χ1v) is 5.30. The number of hydrogen-bond donors (Lipinski definition) is 0. The van der Waals surface area contributed by atoms with E-state index in [0.29, 0.717) is 0 Å². The van der Waals surface area contributed by atoms with Gasteiger partial charge in [-0.1, -0.05) is 37.1 Å². The van der Waals surface area contributed by atoms with Crippen LogP contribution in [0.5, 0.6) is 0 Å². The first-order chi connectivity index (χ1) is 5.95. The summed E-state index contributed by atoms with van der Waals surface area (Å²) in [4.78, 5) is 0. The fourth-order valence-corrected chi connectivity index (χ4v) is 2.26. The predicted molar refractivity (Wildman–Crippen MR) is 53.0 cm³/mol. The van der Waals surface area contributed by atoms with Gasteiger partial charge in [0.25, 0.3) is 0 Å². The van der Waals surface area contributed by atoms with Crippen molar-refractivity contribution in [3.8, 4) is 0 Å². The third-order valence-electron chi connectivity index (χ3n) is 3.08. The van der Waals surface area contributed by atoms with Crippen LogP contribution < -0.4 is 0 Å². The van der Waals surface area contributed by atoms with Gasteiger partial charge in [0.15, 0.2) is 0 Å². The summed E-state index contributed by atoms with van der Waals surface area (Å²) in [6.45, 7) is 0. The summed E-state index contributed by atoms with van der Waals surface area (Å²) in [5, 5.41) is 0. The highest BCUT2D eigenvalue weighted by Gasteiger charge is 2.11. The maximum atomic E-state index is 2.47. The van der Waals surface area contributed by atoms with Crippen LogP contribution in [-0.2, 0) is 0 Å². The van der Waals surface area contributed by atoms with Gasteiger partial charge in [-0.25, -0.2) is 0 Å². The number of hydrogen-bond acceptors (Lipinski definition) is 0. The zero-order valence-electron chi connectivity index (χ0n) is 7.71. The van der Waals surface area contributed by atoms with E-state index in [1.54, 1.807) is 0 Å². The zero-order chi connectivity index (χ0) is 8.23. The number of rotatable bonds is 0. The van der Waals surface area contributed by atoms with Gasteiger partial charge in [-0.15, -0.1) is 0 Å². The number of allylic oxidation sites excluding steroid dienone is 4. The van der Waals surface area contributed by atoms with Gasteiger partial charge < -0.3 is 0 Å². The van der Waals surface area contributed by atoms with Gasteiger partial charge in [0.1, 0.15) is 0 Å². The molecule has 0 saturated heterocycles. The Morgan fingerprint density at radius 3 is 2.75 bits per heavy atom. The molecule has 2 aliphatic rings. The topological polar surface area (TPSA) is 0 Å². The van der Waals surface area contributed by atoms with E-state index >= 15 is 0 Å². The Kier molecular flexibility index (Phi) is 2.65. The van der Waals surface area contributed by atoms with Crippen LogP contribution in [0, 0.1) is 11.8 Å². The van der Waals surface area contributed by atoms with E-state index in [2.05, 4.69) is 24.3 Å². The molecule has 0 fully saturated rings. The summed E-state index contributed by atoms with van der Waals surface area (Å²) in [5.74, 6) is 1.64. The minimum Gasteiger partial charge on any atom is -0.0879 e. The van der Waals surface area contributed by atoms with E-state index in [4.69, 9.17) is 0 Å². The molecule has 66 valence electrons. The van der Waals surface area contributed by atoms with Gasteiger partial charge in [0, 0.05) is 0 Å². The molecule has 0 aromatic heterocycles. The number of fused-ring (bicyclic) bond motifs is 2. The lowest BCUT2D eigenvalue weighted by Crippen LogP contribution is -2.05. The highest BCUT2D eigenvalue weighted by molar-refractivity contribution is 5.05. The highest BCUT2D eigenvalue weighted by atomic mass is 14.2. The molecule has 0 radical (unpaired) electrons. The Morgan fingerprint density at radius 2 is 1.75 bits per heavy atom. The summed E-state index contributed by atoms with van der Waals surface area (Å²) in [6.07, 6.45) is 18.0. The molecule has 2 aliphatic carbocycles. The van der Waals surface area contributed by atoms with Gasteiger partial charge in [-0.3, -0.25) is 0 Å². The normalized spacial score (nSPS) is 35.3. The van der Waals surface area contributed by atoms with Crippen molar-refractivity contribution in [1.82, 2.24) is 0 Å². The molecule has 2 unspecified atom stereocenters. The summed E-state index contributed by atoms with van der Waals surface area (Å²) in [6, 6.07) is 0. The van der Waals surface area contributed by atoms with Crippen molar-refractivity contribution in [3.63, 3.8) is 0 Å². The molecular weight excluding hydrogens is 144 g/mol. The molecule has 0 spiro atoms. The molecule has 0 heterocycles. The maximum absolute atomic E-state index is 2.47. The smallest absolute Gasteiger partial charge is 0.00534 e. The first kappa shape index (κ1) is 8.10. The van der Waals surface area contributed by atoms with Gasteiger partial charge in [0.05, 0.1) is 0 Å². The van der Waals surface area contributed by atoms with Gasteiger partial charge >= 0.3 is 0 Å². The largest absolute Gasteiger partial charge is 0.0879 e. The predicted octanol–water partition coefficient (Wildman–Crippen LogP) is 3.70. The standard InChI is InChI=1S/C12H18/c1-2-6-12-8-4-3-7-11(5-1)9-10-12/h1,5,9-12H,2-4,6-8H2. The second kappa shape index (κ2) is 3.93. The molecule has 0 aliphatic heterocycles. The molecule has 0 heteroatoms. The van der Waals surface area contributed by atoms with Gasteiger partial charge in [-0.05, 0) is 37.5 Å². The molecular formula is C12H18. The van der Waals surface area contributed by atoms with Crippen molar-refractivity contribution in [1.29, 1.82) is 0 Å². The minimum absolute atomic E-state index is 0.757. The van der Waals surface area contributed by atoms with E-state index in [9.17, 15) is 0 Å². The van der Waals surface area contributed by atoms with Crippen molar-refractivity contribution in [2.75, 3.05) is 0 Å². The Labute approximate surface area is 75.4 Å². The zero-order valence-corrected chi connectivity index (χ0v) is 7.71. The molecule has 0 saturated carbocycles. The Bertz CT molecular complexity index is 188. The minimum atomic E-state index is 0.757. The maximum Gasteiger partial charge on any atom is -0.00534 e. The van der Waals surface area contributed by atoms with Crippen LogP contribution in [-0.4, -0.2) is 0 Å². The fourth-order valence-electron chi connectivity index (χ4n) is 2.26. The lowest BCUT2D eigenvalue weighted by atomic mass is 9.86. The van der Waals surface area contributed by atoms with E-state index in [1.807, 2.05) is 0 Å². The van der Waals surface area contributed by atoms with Crippen LogP contribution in [0.4, 0.5) is 0 Å². The van der Waals surface area contributed by atoms with Crippen LogP contribution in [0.3, 0.4) is 0 Å². The summed E-state index contributed by atoms with van der Waals surface area (Å²) in [5.41, 5.74) is 0. The van der Waals surface area contributed by atoms with E-state index in [0.717, 1.165) is 11.8 Å². The highest BCUT2D eigenvalue weighted by Crippen LogP contribution is 2.26. The molecule has 0 amide bonds. The fraction of sp³-hybridized carbons (Fsp3) is 0.667. The average Bonchev–Trinajstić information content (AvgIpc) is 2.03. The van der Waals surface area contributed by atoms with Crippen molar-refractivity contribution in [2.24, 2.45) is 11.8 Å². The monoisotopic (exact) mass is 162 g/mol. The molecule has 0 aromatic carbocycles. The van der Waals surface area contributed by atoms with Crippen molar-refractivity contribution in [3.05, 3.63) is 24.3 Å². The van der Waals surface area contributed by atoms with Crippen LogP contribution >= 0.6 is 0 Å². The second-order valence-electron chi connectivity index (χ2n) is 4.10. The van der Waals surface area contributed by atoms with Crippen LogP contribution in [0.1, 0.15) is 38.5 Å². The van der Waals surface area contributed by atoms with Gasteiger partial charge in [0.2, 0.25) is 0 Å². The van der Waals surface area contributed by atoms with Crippen molar-refractivity contribution in [2.45, 2.75) is 38.5 Å². The SMILES string of the molecule is C1=CC2C=CC(CC1)CCCC2. The molecule has 0 nitrogen and oxygen atoms in total. The van der Waals surface area contributed by atoms with E-state index < -0.39 is 0 Å². The average molecular weight is 162 g/mol. The summed E-state index contributed by atoms with van der Waals surface area (Å²) in [7, 11) is 0. The quantitative estimate of drug-likeness (QED) is 0.476. The lowest BCUT2D eigenvalue weighted by Gasteiger charge is -2.19. The molecule has 2 bridgehead atoms. The summed E-state index contributed by atoms with van der Waals surface area (Å²) < 4.78 is 0. The molecule has 0 aromatic rings. The molecule has 2 atom stereocenters. The van der Waals surface area contributed by atoms with Crippen LogP contribution in [0.25, 0.3) is 0 Å². The Morgan fingerprint density at radius 1 is 0.833 bits per heavy atom. The first-order valence-electron chi connectivity index (χ1n) is 5.30. The van der Waals surface area contributed by atoms with E-state index in [-0.39, 0.29) is 0 Å². The third-order valence-corrected chi connectivity index (χ3v) is 3.08. The van der Waals surface area contributed by atoms with E-state index in [1.165, 1.54) is 38.5 Å². The summed E-state index contributed by atoms with van der Waals surface area (Å²) >= 11 is 0. The Hall–Kier alpha value is -0.520. The van der Waals surface area contributed by atoms with Gasteiger partial charge in [-0.2, -0.15) is 0 Å².